The quantitative estimate of drug-likeness (QED) is 0.580. The fourth-order valence-electron chi connectivity index (χ4n) is 1.36. The van der Waals surface area contributed by atoms with Gasteiger partial charge in [0.2, 0.25) is 5.95 Å². The summed E-state index contributed by atoms with van der Waals surface area (Å²) in [6, 6.07) is 4.29. The van der Waals surface area contributed by atoms with E-state index in [1.807, 2.05) is 0 Å². The Morgan fingerprint density at radius 2 is 2.25 bits per heavy atom. The van der Waals surface area contributed by atoms with Crippen LogP contribution in [0.1, 0.15) is 6.92 Å². The fourth-order valence-corrected chi connectivity index (χ4v) is 1.36. The first-order valence-electron chi connectivity index (χ1n) is 5.00. The molecule has 0 saturated carbocycles. The fraction of sp³-hybridized carbons (Fsp3) is 0.273. The minimum atomic E-state index is -0.603. The highest BCUT2D eigenvalue weighted by Gasteiger charge is 2.16. The Kier molecular flexibility index (Phi) is 2.96. The van der Waals surface area contributed by atoms with E-state index >= 15 is 0 Å². The lowest BCUT2D eigenvalue weighted by atomic mass is 10.0. The Labute approximate surface area is 92.6 Å². The second-order valence-corrected chi connectivity index (χ2v) is 3.63. The van der Waals surface area contributed by atoms with Crippen LogP contribution in [0.15, 0.2) is 29.3 Å². The largest absolute Gasteiger partial charge is 0.309 e. The van der Waals surface area contributed by atoms with Crippen molar-refractivity contribution >= 4 is 11.7 Å². The Morgan fingerprint density at radius 1 is 1.50 bits per heavy atom. The lowest BCUT2D eigenvalue weighted by molar-refractivity contribution is -0.112. The highest BCUT2D eigenvalue weighted by Crippen LogP contribution is 2.11. The molecule has 84 valence electrons. The molecule has 0 atom stereocenters. The second kappa shape index (κ2) is 4.40. The molecule has 1 aromatic rings. The summed E-state index contributed by atoms with van der Waals surface area (Å²) in [6.45, 7) is 3.25. The highest BCUT2D eigenvalue weighted by atomic mass is 19.1. The molecule has 1 aliphatic heterocycles. The highest BCUT2D eigenvalue weighted by molar-refractivity contribution is 6.03. The van der Waals surface area contributed by atoms with Crippen molar-refractivity contribution in [1.82, 2.24) is 10.3 Å². The molecule has 1 aromatic heterocycles. The molecule has 1 aliphatic rings. The van der Waals surface area contributed by atoms with E-state index in [1.165, 1.54) is 12.1 Å². The van der Waals surface area contributed by atoms with Crippen LogP contribution in [-0.2, 0) is 4.79 Å². The number of nitrogens with one attached hydrogen (secondary N) is 2. The van der Waals surface area contributed by atoms with Crippen molar-refractivity contribution in [2.24, 2.45) is 0 Å². The number of carbonyl (C=O) groups is 1. The van der Waals surface area contributed by atoms with E-state index in [2.05, 4.69) is 15.6 Å². The van der Waals surface area contributed by atoms with Crippen molar-refractivity contribution in [3.63, 3.8) is 0 Å². The lowest BCUT2D eigenvalue weighted by Gasteiger charge is -2.21. The van der Waals surface area contributed by atoms with E-state index in [0.29, 0.717) is 5.57 Å². The van der Waals surface area contributed by atoms with Gasteiger partial charge in [-0.15, -0.1) is 0 Å². The molecule has 1 fully saturated rings. The predicted octanol–water partition coefficient (Wildman–Crippen LogP) is 1.08. The van der Waals surface area contributed by atoms with E-state index in [9.17, 15) is 9.18 Å². The van der Waals surface area contributed by atoms with Gasteiger partial charge >= 0.3 is 0 Å². The van der Waals surface area contributed by atoms with E-state index in [4.69, 9.17) is 0 Å². The predicted molar refractivity (Wildman–Crippen MR) is 58.4 cm³/mol. The van der Waals surface area contributed by atoms with E-state index in [1.54, 1.807) is 13.0 Å². The van der Waals surface area contributed by atoms with Gasteiger partial charge in [-0.25, -0.2) is 4.98 Å². The number of rotatable bonds is 2. The maximum Gasteiger partial charge on any atom is 0.252 e. The van der Waals surface area contributed by atoms with Gasteiger partial charge in [0.1, 0.15) is 5.82 Å². The van der Waals surface area contributed by atoms with Gasteiger partial charge in [0.05, 0.1) is 0 Å². The van der Waals surface area contributed by atoms with Crippen LogP contribution in [0.5, 0.6) is 0 Å². The maximum atomic E-state index is 12.8. The molecule has 16 heavy (non-hydrogen) atoms. The Hall–Kier alpha value is -1.75. The molecule has 0 unspecified atom stereocenters. The van der Waals surface area contributed by atoms with Gasteiger partial charge in [-0.05, 0) is 24.6 Å². The third-order valence-electron chi connectivity index (χ3n) is 2.50. The van der Waals surface area contributed by atoms with Crippen LogP contribution >= 0.6 is 0 Å². The van der Waals surface area contributed by atoms with E-state index in [0.717, 1.165) is 18.7 Å². The summed E-state index contributed by atoms with van der Waals surface area (Å²) in [4.78, 5) is 15.3. The SMILES string of the molecule is CC(C(=O)Nc1cccc(F)n1)=C1CNC1. The smallest absolute Gasteiger partial charge is 0.252 e. The molecule has 0 spiro atoms. The van der Waals surface area contributed by atoms with Crippen LogP contribution in [0.2, 0.25) is 0 Å². The number of pyridine rings is 1. The van der Waals surface area contributed by atoms with Gasteiger partial charge in [0, 0.05) is 18.7 Å². The third-order valence-corrected chi connectivity index (χ3v) is 2.50. The average Bonchev–Trinajstić information content (AvgIpc) is 2.14. The van der Waals surface area contributed by atoms with E-state index < -0.39 is 5.95 Å². The van der Waals surface area contributed by atoms with Gasteiger partial charge in [0.15, 0.2) is 0 Å². The topological polar surface area (TPSA) is 54.0 Å². The lowest BCUT2D eigenvalue weighted by Crippen LogP contribution is -2.36. The van der Waals surface area contributed by atoms with Crippen molar-refractivity contribution in [2.45, 2.75) is 6.92 Å². The molecule has 4 nitrogen and oxygen atoms in total. The average molecular weight is 221 g/mol. The summed E-state index contributed by atoms with van der Waals surface area (Å²) in [5.41, 5.74) is 1.75. The Bertz CT molecular complexity index is 450. The van der Waals surface area contributed by atoms with Gasteiger partial charge in [-0.3, -0.25) is 4.79 Å². The number of nitrogens with zero attached hydrogens (tertiary/aromatic N) is 1. The van der Waals surface area contributed by atoms with E-state index in [-0.39, 0.29) is 11.7 Å². The van der Waals surface area contributed by atoms with Crippen LogP contribution in [0.25, 0.3) is 0 Å². The van der Waals surface area contributed by atoms with Crippen molar-refractivity contribution in [3.8, 4) is 0 Å². The van der Waals surface area contributed by atoms with Gasteiger partial charge in [0.25, 0.3) is 5.91 Å². The number of carbonyl (C=O) groups excluding carboxylic acids is 1. The zero-order valence-electron chi connectivity index (χ0n) is 8.88. The zero-order valence-corrected chi connectivity index (χ0v) is 8.88. The third kappa shape index (κ3) is 2.25. The molecule has 0 bridgehead atoms. The summed E-state index contributed by atoms with van der Waals surface area (Å²) in [5.74, 6) is -0.597. The molecule has 1 saturated heterocycles. The Morgan fingerprint density at radius 3 is 2.81 bits per heavy atom. The van der Waals surface area contributed by atoms with Crippen LogP contribution in [-0.4, -0.2) is 24.0 Å². The zero-order chi connectivity index (χ0) is 11.5. The standard InChI is InChI=1S/C11H12FN3O/c1-7(8-5-13-6-8)11(16)15-10-4-2-3-9(12)14-10/h2-4,13H,5-6H2,1H3,(H,14,15,16). The number of amides is 1. The maximum absolute atomic E-state index is 12.8. The van der Waals surface area contributed by atoms with Crippen LogP contribution < -0.4 is 10.6 Å². The molecule has 2 N–H and O–H groups in total. The minimum absolute atomic E-state index is 0.227. The number of halogens is 1. The Balaban J connectivity index is 2.07. The van der Waals surface area contributed by atoms with Gasteiger partial charge in [-0.2, -0.15) is 4.39 Å². The summed E-state index contributed by atoms with van der Waals surface area (Å²) in [6.07, 6.45) is 0. The van der Waals surface area contributed by atoms with Crippen LogP contribution in [0.4, 0.5) is 10.2 Å². The number of hydrogen-bond acceptors (Lipinski definition) is 3. The van der Waals surface area contributed by atoms with Gasteiger partial charge < -0.3 is 10.6 Å². The molecule has 2 heterocycles. The van der Waals surface area contributed by atoms with Crippen molar-refractivity contribution in [2.75, 3.05) is 18.4 Å². The summed E-state index contributed by atoms with van der Waals surface area (Å²) < 4.78 is 12.8. The molecular formula is C11H12FN3O. The molecule has 0 aromatic carbocycles. The van der Waals surface area contributed by atoms with Crippen LogP contribution in [0, 0.1) is 5.95 Å². The minimum Gasteiger partial charge on any atom is -0.309 e. The second-order valence-electron chi connectivity index (χ2n) is 3.63. The first kappa shape index (κ1) is 10.8. The van der Waals surface area contributed by atoms with Crippen molar-refractivity contribution in [3.05, 3.63) is 35.3 Å². The molecular weight excluding hydrogens is 209 g/mol. The molecule has 1 amide bonds. The first-order valence-corrected chi connectivity index (χ1v) is 5.00. The summed E-state index contributed by atoms with van der Waals surface area (Å²) in [7, 11) is 0. The monoisotopic (exact) mass is 221 g/mol. The van der Waals surface area contributed by atoms with Crippen LogP contribution in [0.3, 0.4) is 0 Å². The van der Waals surface area contributed by atoms with Crippen molar-refractivity contribution < 1.29 is 9.18 Å². The first-order chi connectivity index (χ1) is 7.66. The summed E-state index contributed by atoms with van der Waals surface area (Å²) in [5, 5.41) is 5.61. The molecule has 5 heteroatoms. The molecule has 0 aliphatic carbocycles. The van der Waals surface area contributed by atoms with Crippen molar-refractivity contribution in [1.29, 1.82) is 0 Å². The normalized spacial score (nSPS) is 14.2. The molecule has 0 radical (unpaired) electrons. The molecule has 2 rings (SSSR count). The summed E-state index contributed by atoms with van der Waals surface area (Å²) >= 11 is 0. The number of aromatic nitrogens is 1. The number of anilines is 1. The number of hydrogen-bond donors (Lipinski definition) is 2. The van der Waals surface area contributed by atoms with Gasteiger partial charge in [-0.1, -0.05) is 6.07 Å².